The van der Waals surface area contributed by atoms with Gasteiger partial charge in [0.15, 0.2) is 25.1 Å². The number of hydrogen-bond acceptors (Lipinski definition) is 10. The van der Waals surface area contributed by atoms with Crippen molar-refractivity contribution in [3.63, 3.8) is 0 Å². The van der Waals surface area contributed by atoms with Gasteiger partial charge in [0, 0.05) is 34.0 Å². The van der Waals surface area contributed by atoms with Crippen molar-refractivity contribution in [2.45, 2.75) is 35.4 Å². The molecule has 2 heterocycles. The lowest BCUT2D eigenvalue weighted by molar-refractivity contribution is -0.120. The number of aliphatic hydroxyl groups excluding tert-OH is 2. The van der Waals surface area contributed by atoms with Gasteiger partial charge in [-0.15, -0.1) is 0 Å². The summed E-state index contributed by atoms with van der Waals surface area (Å²) in [5, 5.41) is 38.2. The largest absolute Gasteiger partial charge is 0.392 e. The fraction of sp³-hybridized carbons (Fsp3) is 0.200. The van der Waals surface area contributed by atoms with Crippen LogP contribution in [0.15, 0.2) is 60.7 Å². The smallest absolute Gasteiger partial charge is 0.222 e. The summed E-state index contributed by atoms with van der Waals surface area (Å²) in [5.41, 5.74) is -0.144. The van der Waals surface area contributed by atoms with Gasteiger partial charge in [0.1, 0.15) is 0 Å². The van der Waals surface area contributed by atoms with Crippen LogP contribution in [0.25, 0.3) is 21.5 Å². The Hall–Kier alpha value is -4.80. The minimum Gasteiger partial charge on any atom is -0.392 e. The zero-order valence-electron chi connectivity index (χ0n) is 20.9. The molecule has 0 atom stereocenters. The average Bonchev–Trinajstić information content (AvgIpc) is 2.99. The van der Waals surface area contributed by atoms with Gasteiger partial charge in [-0.05, 0) is 34.0 Å². The van der Waals surface area contributed by atoms with Gasteiger partial charge >= 0.3 is 0 Å². The van der Waals surface area contributed by atoms with E-state index >= 15 is 0 Å². The Balaban J connectivity index is 1.34. The molecule has 2 aliphatic heterocycles. The number of carbonyl (C=O) groups is 4. The van der Waals surface area contributed by atoms with Crippen LogP contribution in [0.5, 0.6) is 0 Å². The van der Waals surface area contributed by atoms with Gasteiger partial charge in [0.25, 0.3) is 0 Å². The van der Waals surface area contributed by atoms with Crippen LogP contribution in [0.4, 0.5) is 22.7 Å². The SMILES string of the molecule is O=CC1(C=O)Nc2cccc3ccc(C4C(O)C(c5ccc6cccc7c6c5NC(C=O)(C=O)N7)C4O)c(c23)N1. The third-order valence-electron chi connectivity index (χ3n) is 8.44. The number of benzene rings is 4. The maximum Gasteiger partial charge on any atom is 0.222 e. The maximum atomic E-state index is 12.0. The van der Waals surface area contributed by atoms with E-state index in [1.165, 1.54) is 0 Å². The fourth-order valence-corrected chi connectivity index (χ4v) is 6.48. The summed E-state index contributed by atoms with van der Waals surface area (Å²) in [7, 11) is 0. The predicted molar refractivity (Wildman–Crippen MR) is 150 cm³/mol. The Morgan fingerprint density at radius 3 is 1.32 bits per heavy atom. The number of carbonyl (C=O) groups excluding carboxylic acids is 4. The first-order valence-corrected chi connectivity index (χ1v) is 12.8. The van der Waals surface area contributed by atoms with Gasteiger partial charge in [-0.1, -0.05) is 48.5 Å². The van der Waals surface area contributed by atoms with E-state index in [1.54, 1.807) is 24.3 Å². The average molecular weight is 537 g/mol. The maximum absolute atomic E-state index is 12.0. The Morgan fingerprint density at radius 2 is 0.950 bits per heavy atom. The molecule has 1 saturated carbocycles. The molecule has 0 amide bonds. The van der Waals surface area contributed by atoms with Crippen LogP contribution < -0.4 is 21.3 Å². The van der Waals surface area contributed by atoms with Crippen molar-refractivity contribution < 1.29 is 29.4 Å². The molecule has 0 radical (unpaired) electrons. The molecule has 0 saturated heterocycles. The van der Waals surface area contributed by atoms with Crippen molar-refractivity contribution in [2.75, 3.05) is 21.3 Å². The van der Waals surface area contributed by atoms with Crippen LogP contribution in [0, 0.1) is 0 Å². The molecule has 0 aromatic heterocycles. The van der Waals surface area contributed by atoms with Gasteiger partial charge in [-0.3, -0.25) is 19.2 Å². The van der Waals surface area contributed by atoms with Gasteiger partial charge in [-0.25, -0.2) is 0 Å². The topological polar surface area (TPSA) is 157 Å². The summed E-state index contributed by atoms with van der Waals surface area (Å²) in [5.74, 6) is -1.50. The molecule has 4 aromatic rings. The summed E-state index contributed by atoms with van der Waals surface area (Å²) in [6.45, 7) is 0. The van der Waals surface area contributed by atoms with Crippen molar-refractivity contribution in [1.82, 2.24) is 0 Å². The molecule has 7 rings (SSSR count). The molecule has 6 N–H and O–H groups in total. The molecule has 10 heteroatoms. The molecule has 1 fully saturated rings. The molecule has 200 valence electrons. The second-order valence-electron chi connectivity index (χ2n) is 10.6. The quantitative estimate of drug-likeness (QED) is 0.160. The Labute approximate surface area is 227 Å². The molecule has 3 aliphatic rings. The van der Waals surface area contributed by atoms with Crippen molar-refractivity contribution in [2.24, 2.45) is 0 Å². The lowest BCUT2D eigenvalue weighted by Crippen LogP contribution is -2.55. The highest BCUT2D eigenvalue weighted by molar-refractivity contribution is 6.13. The first-order chi connectivity index (χ1) is 19.4. The summed E-state index contributed by atoms with van der Waals surface area (Å²) in [6, 6.07) is 18.2. The van der Waals surface area contributed by atoms with E-state index in [-0.39, 0.29) is 0 Å². The first-order valence-electron chi connectivity index (χ1n) is 12.8. The van der Waals surface area contributed by atoms with Crippen molar-refractivity contribution in [3.8, 4) is 0 Å². The van der Waals surface area contributed by atoms with Crippen molar-refractivity contribution >= 4 is 69.4 Å². The zero-order valence-corrected chi connectivity index (χ0v) is 20.9. The Morgan fingerprint density at radius 1 is 0.550 bits per heavy atom. The van der Waals surface area contributed by atoms with E-state index in [4.69, 9.17) is 0 Å². The van der Waals surface area contributed by atoms with E-state index in [2.05, 4.69) is 21.3 Å². The van der Waals surface area contributed by atoms with Crippen LogP contribution in [-0.4, -0.2) is 58.9 Å². The molecule has 1 aliphatic carbocycles. The van der Waals surface area contributed by atoms with E-state index in [9.17, 15) is 29.4 Å². The van der Waals surface area contributed by atoms with E-state index in [0.29, 0.717) is 59.0 Å². The second-order valence-corrected chi connectivity index (χ2v) is 10.6. The Bertz CT molecular complexity index is 1620. The minimum absolute atomic E-state index is 0.484. The van der Waals surface area contributed by atoms with E-state index in [0.717, 1.165) is 21.5 Å². The minimum atomic E-state index is -1.70. The molecule has 0 unspecified atom stereocenters. The third kappa shape index (κ3) is 3.11. The molecule has 10 nitrogen and oxygen atoms in total. The summed E-state index contributed by atoms with van der Waals surface area (Å²) >= 11 is 0. The van der Waals surface area contributed by atoms with E-state index < -0.39 is 35.4 Å². The lowest BCUT2D eigenvalue weighted by Gasteiger charge is -2.49. The molecule has 0 spiro atoms. The Kier molecular flexibility index (Phi) is 5.06. The number of aldehydes is 4. The standard InChI is InChI=1S/C30H24N4O6/c35-11-29(12-36)31-19-5-1-3-15-7-9-17(25(33-29)21(15)19)23-27(39)24(28(23)40)18-10-8-16-4-2-6-20-22(16)26(18)34-30(13-37,14-38)32-20/h1-14,23-24,27-28,31-34,39-40H. The fourth-order valence-electron chi connectivity index (χ4n) is 6.48. The normalized spacial score (nSPS) is 24.9. The number of rotatable bonds is 6. The third-order valence-corrected chi connectivity index (χ3v) is 8.44. The highest BCUT2D eigenvalue weighted by Crippen LogP contribution is 2.55. The predicted octanol–water partition coefficient (Wildman–Crippen LogP) is 2.46. The first kappa shape index (κ1) is 24.3. The highest BCUT2D eigenvalue weighted by Gasteiger charge is 2.53. The van der Waals surface area contributed by atoms with Gasteiger partial charge in [-0.2, -0.15) is 0 Å². The summed E-state index contributed by atoms with van der Waals surface area (Å²) < 4.78 is 0. The zero-order chi connectivity index (χ0) is 27.8. The molecular formula is C30H24N4O6. The number of anilines is 4. The van der Waals surface area contributed by atoms with Crippen molar-refractivity contribution in [1.29, 1.82) is 0 Å². The molecule has 4 aromatic carbocycles. The van der Waals surface area contributed by atoms with Crippen LogP contribution in [0.3, 0.4) is 0 Å². The van der Waals surface area contributed by atoms with Crippen LogP contribution in [0.2, 0.25) is 0 Å². The van der Waals surface area contributed by atoms with Gasteiger partial charge < -0.3 is 31.5 Å². The van der Waals surface area contributed by atoms with E-state index in [1.807, 2.05) is 36.4 Å². The molecule has 0 bridgehead atoms. The highest BCUT2D eigenvalue weighted by atomic mass is 16.3. The lowest BCUT2D eigenvalue weighted by atomic mass is 9.62. The second kappa shape index (κ2) is 8.35. The number of hydrogen-bond donors (Lipinski definition) is 6. The number of nitrogens with one attached hydrogen (secondary N) is 4. The molecule has 40 heavy (non-hydrogen) atoms. The van der Waals surface area contributed by atoms with Gasteiger partial charge in [0.2, 0.25) is 11.3 Å². The number of aliphatic hydroxyl groups is 2. The monoisotopic (exact) mass is 536 g/mol. The van der Waals surface area contributed by atoms with Crippen LogP contribution >= 0.6 is 0 Å². The summed E-state index contributed by atoms with van der Waals surface area (Å²) in [6.07, 6.45) is -0.184. The van der Waals surface area contributed by atoms with Gasteiger partial charge in [0.05, 0.1) is 23.6 Å². The molecular weight excluding hydrogens is 512 g/mol. The van der Waals surface area contributed by atoms with Crippen LogP contribution in [0.1, 0.15) is 23.0 Å². The van der Waals surface area contributed by atoms with Crippen LogP contribution in [-0.2, 0) is 19.2 Å². The summed E-state index contributed by atoms with van der Waals surface area (Å²) in [4.78, 5) is 47.9. The van der Waals surface area contributed by atoms with Crippen molar-refractivity contribution in [3.05, 3.63) is 71.8 Å².